The van der Waals surface area contributed by atoms with Crippen LogP contribution in [0.25, 0.3) is 0 Å². The van der Waals surface area contributed by atoms with Gasteiger partial charge in [-0.2, -0.15) is 8.78 Å². The van der Waals surface area contributed by atoms with E-state index in [-0.39, 0.29) is 24.7 Å². The van der Waals surface area contributed by atoms with Crippen molar-refractivity contribution in [2.45, 2.75) is 20.1 Å². The molecule has 5 nitrogen and oxygen atoms in total. The summed E-state index contributed by atoms with van der Waals surface area (Å²) in [4.78, 5) is 11.8. The van der Waals surface area contributed by atoms with Crippen molar-refractivity contribution in [1.29, 1.82) is 0 Å². The molecule has 2 N–H and O–H groups in total. The van der Waals surface area contributed by atoms with Crippen LogP contribution in [0.1, 0.15) is 12.5 Å². The normalized spacial score (nSPS) is 10.4. The first kappa shape index (κ1) is 18.4. The summed E-state index contributed by atoms with van der Waals surface area (Å²) < 4.78 is 47.2. The molecule has 134 valence electrons. The standard InChI is InChI=1S/C17H17F3N2O3/c1-2-24-15-9-11(3-8-14(15)25-16(19)20)10-21-17(23)22-13-6-4-12(18)5-7-13/h3-9,16H,2,10H2,1H3,(H2,21,22,23). The highest BCUT2D eigenvalue weighted by Gasteiger charge is 2.12. The number of nitrogens with one attached hydrogen (secondary N) is 2. The number of alkyl halides is 2. The van der Waals surface area contributed by atoms with E-state index < -0.39 is 18.5 Å². The lowest BCUT2D eigenvalue weighted by Gasteiger charge is -2.13. The van der Waals surface area contributed by atoms with Crippen LogP contribution in [-0.4, -0.2) is 19.2 Å². The summed E-state index contributed by atoms with van der Waals surface area (Å²) in [5.74, 6) is -0.307. The average Bonchev–Trinajstić information content (AvgIpc) is 2.57. The minimum atomic E-state index is -2.95. The van der Waals surface area contributed by atoms with E-state index in [0.29, 0.717) is 11.3 Å². The van der Waals surface area contributed by atoms with Gasteiger partial charge < -0.3 is 20.1 Å². The maximum Gasteiger partial charge on any atom is 0.387 e. The maximum absolute atomic E-state index is 12.8. The third-order valence-corrected chi connectivity index (χ3v) is 3.08. The van der Waals surface area contributed by atoms with Gasteiger partial charge in [-0.05, 0) is 48.9 Å². The molecule has 0 unspecified atom stereocenters. The zero-order chi connectivity index (χ0) is 18.2. The first-order valence-corrected chi connectivity index (χ1v) is 7.49. The van der Waals surface area contributed by atoms with Crippen molar-refractivity contribution in [3.63, 3.8) is 0 Å². The molecule has 0 saturated heterocycles. The fraction of sp³-hybridized carbons (Fsp3) is 0.235. The molecule has 0 aliphatic heterocycles. The largest absolute Gasteiger partial charge is 0.490 e. The molecular weight excluding hydrogens is 337 g/mol. The van der Waals surface area contributed by atoms with Crippen molar-refractivity contribution < 1.29 is 27.4 Å². The smallest absolute Gasteiger partial charge is 0.387 e. The fourth-order valence-corrected chi connectivity index (χ4v) is 2.01. The first-order valence-electron chi connectivity index (χ1n) is 7.49. The highest BCUT2D eigenvalue weighted by atomic mass is 19.3. The number of rotatable bonds is 7. The Labute approximate surface area is 142 Å². The molecule has 0 aliphatic rings. The zero-order valence-corrected chi connectivity index (χ0v) is 13.4. The van der Waals surface area contributed by atoms with Gasteiger partial charge >= 0.3 is 12.6 Å². The number of anilines is 1. The van der Waals surface area contributed by atoms with Gasteiger partial charge in [-0.3, -0.25) is 0 Å². The quantitative estimate of drug-likeness (QED) is 0.785. The Kier molecular flexibility index (Phi) is 6.50. The fourth-order valence-electron chi connectivity index (χ4n) is 2.01. The van der Waals surface area contributed by atoms with Crippen LogP contribution in [0.15, 0.2) is 42.5 Å². The Morgan fingerprint density at radius 2 is 1.84 bits per heavy atom. The van der Waals surface area contributed by atoms with Gasteiger partial charge in [0.2, 0.25) is 0 Å². The van der Waals surface area contributed by atoms with Crippen LogP contribution in [0, 0.1) is 5.82 Å². The van der Waals surface area contributed by atoms with Crippen molar-refractivity contribution in [1.82, 2.24) is 5.32 Å². The van der Waals surface area contributed by atoms with E-state index in [2.05, 4.69) is 15.4 Å². The molecule has 0 bridgehead atoms. The molecule has 0 aliphatic carbocycles. The average molecular weight is 354 g/mol. The summed E-state index contributed by atoms with van der Waals surface area (Å²) in [6.45, 7) is -0.818. The van der Waals surface area contributed by atoms with Crippen molar-refractivity contribution in [2.75, 3.05) is 11.9 Å². The lowest BCUT2D eigenvalue weighted by Crippen LogP contribution is -2.28. The number of urea groups is 1. The van der Waals surface area contributed by atoms with E-state index in [9.17, 15) is 18.0 Å². The molecule has 0 fully saturated rings. The molecule has 2 amide bonds. The summed E-state index contributed by atoms with van der Waals surface area (Å²) in [6.07, 6.45) is 0. The molecular formula is C17H17F3N2O3. The number of hydrogen-bond acceptors (Lipinski definition) is 3. The van der Waals surface area contributed by atoms with Crippen molar-refractivity contribution >= 4 is 11.7 Å². The summed E-state index contributed by atoms with van der Waals surface area (Å²) in [7, 11) is 0. The zero-order valence-electron chi connectivity index (χ0n) is 13.4. The molecule has 0 radical (unpaired) electrons. The molecule has 0 aromatic heterocycles. The second-order valence-electron chi connectivity index (χ2n) is 4.91. The SMILES string of the molecule is CCOc1cc(CNC(=O)Nc2ccc(F)cc2)ccc1OC(F)F. The van der Waals surface area contributed by atoms with Gasteiger partial charge in [-0.1, -0.05) is 6.07 Å². The molecule has 0 atom stereocenters. The summed E-state index contributed by atoms with van der Waals surface area (Å²) in [5, 5.41) is 5.15. The number of benzene rings is 2. The Morgan fingerprint density at radius 3 is 2.48 bits per heavy atom. The Bertz CT molecular complexity index is 709. The number of halogens is 3. The molecule has 2 aromatic carbocycles. The number of amides is 2. The van der Waals surface area contributed by atoms with E-state index in [1.807, 2.05) is 0 Å². The van der Waals surface area contributed by atoms with Crippen LogP contribution < -0.4 is 20.1 Å². The highest BCUT2D eigenvalue weighted by molar-refractivity contribution is 5.89. The van der Waals surface area contributed by atoms with Crippen LogP contribution in [0.5, 0.6) is 11.5 Å². The Hall–Kier alpha value is -2.90. The van der Waals surface area contributed by atoms with Gasteiger partial charge in [0.15, 0.2) is 11.5 Å². The van der Waals surface area contributed by atoms with Gasteiger partial charge in [0.25, 0.3) is 0 Å². The van der Waals surface area contributed by atoms with Crippen LogP contribution in [-0.2, 0) is 6.54 Å². The second kappa shape index (κ2) is 8.81. The number of ether oxygens (including phenoxy) is 2. The maximum atomic E-state index is 12.8. The molecule has 8 heteroatoms. The second-order valence-corrected chi connectivity index (χ2v) is 4.91. The van der Waals surface area contributed by atoms with Crippen molar-refractivity contribution in [3.05, 3.63) is 53.8 Å². The van der Waals surface area contributed by atoms with Gasteiger partial charge in [-0.25, -0.2) is 9.18 Å². The summed E-state index contributed by atoms with van der Waals surface area (Å²) in [5.41, 5.74) is 1.08. The Balaban J connectivity index is 1.96. The molecule has 2 rings (SSSR count). The number of carbonyl (C=O) groups excluding carboxylic acids is 1. The minimum Gasteiger partial charge on any atom is -0.490 e. The monoisotopic (exact) mass is 354 g/mol. The molecule has 0 saturated carbocycles. The highest BCUT2D eigenvalue weighted by Crippen LogP contribution is 2.29. The van der Waals surface area contributed by atoms with E-state index in [1.165, 1.54) is 36.4 Å². The van der Waals surface area contributed by atoms with Gasteiger partial charge in [0.05, 0.1) is 6.61 Å². The van der Waals surface area contributed by atoms with Crippen LogP contribution >= 0.6 is 0 Å². The minimum absolute atomic E-state index is 0.0728. The lowest BCUT2D eigenvalue weighted by atomic mass is 10.2. The van der Waals surface area contributed by atoms with Crippen LogP contribution in [0.2, 0.25) is 0 Å². The van der Waals surface area contributed by atoms with E-state index in [4.69, 9.17) is 4.74 Å². The van der Waals surface area contributed by atoms with Gasteiger partial charge in [0, 0.05) is 12.2 Å². The summed E-state index contributed by atoms with van der Waals surface area (Å²) >= 11 is 0. The molecule has 2 aromatic rings. The van der Waals surface area contributed by atoms with E-state index in [0.717, 1.165) is 0 Å². The van der Waals surface area contributed by atoms with Gasteiger partial charge in [0.1, 0.15) is 5.82 Å². The summed E-state index contributed by atoms with van der Waals surface area (Å²) in [6, 6.07) is 9.23. The Morgan fingerprint density at radius 1 is 1.12 bits per heavy atom. The van der Waals surface area contributed by atoms with E-state index in [1.54, 1.807) is 13.0 Å². The predicted molar refractivity (Wildman–Crippen MR) is 86.5 cm³/mol. The third-order valence-electron chi connectivity index (χ3n) is 3.08. The number of carbonyl (C=O) groups is 1. The van der Waals surface area contributed by atoms with Crippen molar-refractivity contribution in [2.24, 2.45) is 0 Å². The first-order chi connectivity index (χ1) is 12.0. The number of hydrogen-bond donors (Lipinski definition) is 2. The van der Waals surface area contributed by atoms with Gasteiger partial charge in [-0.15, -0.1) is 0 Å². The predicted octanol–water partition coefficient (Wildman–Crippen LogP) is 4.15. The third kappa shape index (κ3) is 5.91. The molecule has 25 heavy (non-hydrogen) atoms. The van der Waals surface area contributed by atoms with E-state index >= 15 is 0 Å². The molecule has 0 heterocycles. The van der Waals surface area contributed by atoms with Crippen LogP contribution in [0.4, 0.5) is 23.7 Å². The molecule has 0 spiro atoms. The van der Waals surface area contributed by atoms with Crippen molar-refractivity contribution in [3.8, 4) is 11.5 Å². The topological polar surface area (TPSA) is 59.6 Å². The van der Waals surface area contributed by atoms with Crippen LogP contribution in [0.3, 0.4) is 0 Å². The lowest BCUT2D eigenvalue weighted by molar-refractivity contribution is -0.0514.